The van der Waals surface area contributed by atoms with Crippen LogP contribution in [0.15, 0.2) is 30.6 Å². The summed E-state index contributed by atoms with van der Waals surface area (Å²) in [5, 5.41) is 1.18. The average Bonchev–Trinajstić information content (AvgIpc) is 3.07. The SMILES string of the molecule is Cc1sc2ncnc(N3CCC(C(=O)N4c5ccccc5CCC4C)CC3)c2c1C. The van der Waals surface area contributed by atoms with Gasteiger partial charge in [0.15, 0.2) is 0 Å². The summed E-state index contributed by atoms with van der Waals surface area (Å²) in [5.74, 6) is 1.41. The molecular formula is C24H28N4OS. The molecule has 1 saturated heterocycles. The van der Waals surface area contributed by atoms with E-state index in [1.54, 1.807) is 17.7 Å². The summed E-state index contributed by atoms with van der Waals surface area (Å²) in [5.41, 5.74) is 3.70. The highest BCUT2D eigenvalue weighted by molar-refractivity contribution is 7.18. The van der Waals surface area contributed by atoms with Gasteiger partial charge in [0, 0.05) is 35.6 Å². The molecule has 0 spiro atoms. The van der Waals surface area contributed by atoms with Crippen LogP contribution in [0.1, 0.15) is 42.2 Å². The molecular weight excluding hydrogens is 392 g/mol. The van der Waals surface area contributed by atoms with Gasteiger partial charge in [0.1, 0.15) is 17.0 Å². The van der Waals surface area contributed by atoms with Crippen LogP contribution in [-0.4, -0.2) is 35.0 Å². The van der Waals surface area contributed by atoms with Crippen molar-refractivity contribution >= 4 is 39.0 Å². The predicted molar refractivity (Wildman–Crippen MR) is 124 cm³/mol. The first kappa shape index (κ1) is 19.5. The van der Waals surface area contributed by atoms with E-state index in [1.807, 2.05) is 6.07 Å². The molecule has 4 heterocycles. The van der Waals surface area contributed by atoms with E-state index >= 15 is 0 Å². The Balaban J connectivity index is 1.35. The molecule has 1 amide bonds. The van der Waals surface area contributed by atoms with Crippen molar-refractivity contribution in [2.75, 3.05) is 22.9 Å². The van der Waals surface area contributed by atoms with E-state index in [0.29, 0.717) is 5.91 Å². The fourth-order valence-corrected chi connectivity index (χ4v) is 5.95. The minimum absolute atomic E-state index is 0.0810. The lowest BCUT2D eigenvalue weighted by atomic mass is 9.90. The highest BCUT2D eigenvalue weighted by Crippen LogP contribution is 2.37. The summed E-state index contributed by atoms with van der Waals surface area (Å²) in [6.07, 6.45) is 5.52. The number of rotatable bonds is 2. The molecule has 3 aromatic rings. The third-order valence-electron chi connectivity index (χ3n) is 6.85. The van der Waals surface area contributed by atoms with Crippen LogP contribution in [0.4, 0.5) is 11.5 Å². The zero-order chi connectivity index (χ0) is 20.8. The van der Waals surface area contributed by atoms with Crippen LogP contribution in [0.5, 0.6) is 0 Å². The number of carbonyl (C=O) groups is 1. The minimum atomic E-state index is 0.0810. The fraction of sp³-hybridized carbons (Fsp3) is 0.458. The van der Waals surface area contributed by atoms with E-state index in [0.717, 1.165) is 55.1 Å². The van der Waals surface area contributed by atoms with Gasteiger partial charge >= 0.3 is 0 Å². The Bertz CT molecular complexity index is 1100. The first-order valence-corrected chi connectivity index (χ1v) is 11.7. The zero-order valence-corrected chi connectivity index (χ0v) is 18.7. The molecule has 6 heteroatoms. The fourth-order valence-electron chi connectivity index (χ4n) is 4.96. The summed E-state index contributed by atoms with van der Waals surface area (Å²) in [7, 11) is 0. The maximum atomic E-state index is 13.5. The van der Waals surface area contributed by atoms with Gasteiger partial charge in [-0.1, -0.05) is 18.2 Å². The van der Waals surface area contributed by atoms with E-state index in [-0.39, 0.29) is 12.0 Å². The van der Waals surface area contributed by atoms with Crippen LogP contribution in [0.2, 0.25) is 0 Å². The first-order valence-electron chi connectivity index (χ1n) is 10.9. The van der Waals surface area contributed by atoms with Crippen LogP contribution in [0, 0.1) is 19.8 Å². The molecule has 1 unspecified atom stereocenters. The molecule has 0 aliphatic carbocycles. The highest BCUT2D eigenvalue weighted by Gasteiger charge is 2.35. The van der Waals surface area contributed by atoms with Gasteiger partial charge in [0.25, 0.3) is 0 Å². The lowest BCUT2D eigenvalue weighted by Gasteiger charge is -2.40. The molecule has 1 aromatic carbocycles. The third-order valence-corrected chi connectivity index (χ3v) is 7.97. The third kappa shape index (κ3) is 3.18. The molecule has 0 radical (unpaired) electrons. The van der Waals surface area contributed by atoms with Crippen LogP contribution in [-0.2, 0) is 11.2 Å². The number of amides is 1. The maximum absolute atomic E-state index is 13.5. The molecule has 2 aromatic heterocycles. The molecule has 5 nitrogen and oxygen atoms in total. The first-order chi connectivity index (χ1) is 14.5. The zero-order valence-electron chi connectivity index (χ0n) is 17.9. The smallest absolute Gasteiger partial charge is 0.230 e. The number of anilines is 2. The number of para-hydroxylation sites is 1. The van der Waals surface area contributed by atoms with Gasteiger partial charge in [0.2, 0.25) is 5.91 Å². The second-order valence-electron chi connectivity index (χ2n) is 8.65. The lowest BCUT2D eigenvalue weighted by Crippen LogP contribution is -2.48. The summed E-state index contributed by atoms with van der Waals surface area (Å²) in [6.45, 7) is 8.21. The number of benzene rings is 1. The number of carbonyl (C=O) groups excluding carboxylic acids is 1. The van der Waals surface area contributed by atoms with E-state index in [2.05, 4.69) is 58.7 Å². The quantitative estimate of drug-likeness (QED) is 0.592. The van der Waals surface area contributed by atoms with E-state index in [9.17, 15) is 4.79 Å². The summed E-state index contributed by atoms with van der Waals surface area (Å²) >= 11 is 1.74. The Labute approximate surface area is 181 Å². The van der Waals surface area contributed by atoms with Crippen molar-refractivity contribution in [2.24, 2.45) is 5.92 Å². The Morgan fingerprint density at radius 1 is 1.10 bits per heavy atom. The van der Waals surface area contributed by atoms with Gasteiger partial charge in [-0.15, -0.1) is 11.3 Å². The number of piperidine rings is 1. The maximum Gasteiger partial charge on any atom is 0.230 e. The predicted octanol–water partition coefficient (Wildman–Crippen LogP) is 4.89. The van der Waals surface area contributed by atoms with Gasteiger partial charge in [0.05, 0.1) is 5.39 Å². The normalized spacial score (nSPS) is 19.9. The monoisotopic (exact) mass is 420 g/mol. The average molecular weight is 421 g/mol. The number of nitrogens with zero attached hydrogens (tertiary/aromatic N) is 4. The van der Waals surface area contributed by atoms with E-state index in [1.165, 1.54) is 21.4 Å². The summed E-state index contributed by atoms with van der Waals surface area (Å²) in [6, 6.07) is 8.66. The summed E-state index contributed by atoms with van der Waals surface area (Å²) in [4.78, 5) is 29.4. The van der Waals surface area contributed by atoms with Gasteiger partial charge in [-0.25, -0.2) is 9.97 Å². The van der Waals surface area contributed by atoms with Gasteiger partial charge < -0.3 is 9.80 Å². The molecule has 5 rings (SSSR count). The van der Waals surface area contributed by atoms with Crippen molar-refractivity contribution < 1.29 is 4.79 Å². The molecule has 1 fully saturated rings. The molecule has 1 atom stereocenters. The summed E-state index contributed by atoms with van der Waals surface area (Å²) < 4.78 is 0. The Hall–Kier alpha value is -2.47. The van der Waals surface area contributed by atoms with Crippen molar-refractivity contribution in [1.29, 1.82) is 0 Å². The largest absolute Gasteiger partial charge is 0.356 e. The van der Waals surface area contributed by atoms with Gasteiger partial charge in [-0.3, -0.25) is 4.79 Å². The second kappa shape index (κ2) is 7.65. The standard InChI is InChI=1S/C24H28N4OS/c1-15-8-9-18-6-4-5-7-20(18)28(15)24(29)19-10-12-27(13-11-19)22-21-16(2)17(3)30-23(21)26-14-25-22/h4-7,14-15,19H,8-13H2,1-3H3. The molecule has 0 bridgehead atoms. The van der Waals surface area contributed by atoms with E-state index < -0.39 is 0 Å². The number of hydrogen-bond donors (Lipinski definition) is 0. The topological polar surface area (TPSA) is 49.3 Å². The Kier molecular flexibility index (Phi) is 4.97. The molecule has 2 aliphatic heterocycles. The number of fused-ring (bicyclic) bond motifs is 2. The van der Waals surface area contributed by atoms with Crippen LogP contribution in [0.25, 0.3) is 10.2 Å². The molecule has 2 aliphatic rings. The van der Waals surface area contributed by atoms with Crippen LogP contribution >= 0.6 is 11.3 Å². The second-order valence-corrected chi connectivity index (χ2v) is 9.85. The van der Waals surface area contributed by atoms with Crippen molar-refractivity contribution in [1.82, 2.24) is 9.97 Å². The molecule has 0 N–H and O–H groups in total. The number of thiophene rings is 1. The highest BCUT2D eigenvalue weighted by atomic mass is 32.1. The Morgan fingerprint density at radius 3 is 2.67 bits per heavy atom. The number of aromatic nitrogens is 2. The number of hydrogen-bond acceptors (Lipinski definition) is 5. The van der Waals surface area contributed by atoms with Gasteiger partial charge in [-0.2, -0.15) is 0 Å². The number of aryl methyl sites for hydroxylation is 3. The minimum Gasteiger partial charge on any atom is -0.356 e. The van der Waals surface area contributed by atoms with Crippen LogP contribution in [0.3, 0.4) is 0 Å². The van der Waals surface area contributed by atoms with Crippen molar-refractivity contribution in [3.63, 3.8) is 0 Å². The van der Waals surface area contributed by atoms with Crippen molar-refractivity contribution in [2.45, 2.75) is 52.5 Å². The van der Waals surface area contributed by atoms with Crippen molar-refractivity contribution in [3.8, 4) is 0 Å². The van der Waals surface area contributed by atoms with Gasteiger partial charge in [-0.05, 0) is 63.6 Å². The Morgan fingerprint density at radius 2 is 1.87 bits per heavy atom. The molecule has 30 heavy (non-hydrogen) atoms. The van der Waals surface area contributed by atoms with Crippen molar-refractivity contribution in [3.05, 3.63) is 46.6 Å². The lowest BCUT2D eigenvalue weighted by molar-refractivity contribution is -0.123. The van der Waals surface area contributed by atoms with E-state index in [4.69, 9.17) is 0 Å². The van der Waals surface area contributed by atoms with Crippen LogP contribution < -0.4 is 9.80 Å². The molecule has 156 valence electrons. The molecule has 0 saturated carbocycles.